The van der Waals surface area contributed by atoms with Crippen LogP contribution in [0, 0.1) is 11.7 Å². The maximum absolute atomic E-state index is 14.2. The summed E-state index contributed by atoms with van der Waals surface area (Å²) in [6.45, 7) is 7.63. The van der Waals surface area contributed by atoms with E-state index in [2.05, 4.69) is 36.1 Å². The van der Waals surface area contributed by atoms with Crippen LogP contribution in [0.2, 0.25) is 0 Å². The van der Waals surface area contributed by atoms with Crippen molar-refractivity contribution in [3.8, 4) is 33.6 Å². The number of amides is 1. The number of halogens is 1. The molecular weight excluding hydrogens is 614 g/mol. The molecule has 240 valence electrons. The summed E-state index contributed by atoms with van der Waals surface area (Å²) in [6, 6.07) is 24.3. The van der Waals surface area contributed by atoms with E-state index in [4.69, 9.17) is 0 Å². The zero-order valence-corrected chi connectivity index (χ0v) is 27.5. The summed E-state index contributed by atoms with van der Waals surface area (Å²) >= 11 is 1.42. The largest absolute Gasteiger partial charge is 0.480 e. The van der Waals surface area contributed by atoms with E-state index in [0.29, 0.717) is 16.3 Å². The maximum Gasteiger partial charge on any atom is 0.325 e. The molecule has 0 saturated carbocycles. The summed E-state index contributed by atoms with van der Waals surface area (Å²) in [5.41, 5.74) is 4.54. The third kappa shape index (κ3) is 8.23. The summed E-state index contributed by atoms with van der Waals surface area (Å²) in [5.74, 6) is -2.28. The van der Waals surface area contributed by atoms with E-state index in [1.54, 1.807) is 36.7 Å². The Morgan fingerprint density at radius 1 is 0.830 bits per heavy atom. The van der Waals surface area contributed by atoms with Gasteiger partial charge in [0, 0.05) is 46.3 Å². The molecule has 7 nitrogen and oxygen atoms in total. The Bertz CT molecular complexity index is 1880. The third-order valence-electron chi connectivity index (χ3n) is 7.90. The van der Waals surface area contributed by atoms with Crippen molar-refractivity contribution in [1.29, 1.82) is 0 Å². The molecule has 2 aromatic heterocycles. The Labute approximate surface area is 277 Å². The van der Waals surface area contributed by atoms with Gasteiger partial charge in [0.1, 0.15) is 11.9 Å². The Hall–Kier alpha value is -5.02. The van der Waals surface area contributed by atoms with Gasteiger partial charge in [-0.3, -0.25) is 14.4 Å². The molecule has 2 N–H and O–H groups in total. The number of thiophene rings is 1. The smallest absolute Gasteiger partial charge is 0.325 e. The lowest BCUT2D eigenvalue weighted by Gasteiger charge is -2.18. The highest BCUT2D eigenvalue weighted by molar-refractivity contribution is 7.14. The van der Waals surface area contributed by atoms with Crippen LogP contribution in [0.5, 0.6) is 0 Å². The zero-order chi connectivity index (χ0) is 33.7. The van der Waals surface area contributed by atoms with Crippen molar-refractivity contribution >= 4 is 29.0 Å². The topological polar surface area (TPSA) is 109 Å². The first-order chi connectivity index (χ1) is 22.4. The second-order valence-corrected chi connectivity index (χ2v) is 13.6. The molecule has 1 amide bonds. The molecule has 0 radical (unpaired) electrons. The number of Topliss-reactive ketones (excluding diaryl/α,β-unsaturated/α-hetero) is 1. The van der Waals surface area contributed by atoms with Gasteiger partial charge in [-0.25, -0.2) is 14.4 Å². The van der Waals surface area contributed by atoms with E-state index in [0.717, 1.165) is 32.7 Å². The van der Waals surface area contributed by atoms with Crippen molar-refractivity contribution in [2.24, 2.45) is 5.92 Å². The monoisotopic (exact) mass is 649 g/mol. The molecule has 0 bridgehead atoms. The minimum absolute atomic E-state index is 0.0458. The van der Waals surface area contributed by atoms with Crippen molar-refractivity contribution < 1.29 is 23.9 Å². The Morgan fingerprint density at radius 2 is 1.45 bits per heavy atom. The van der Waals surface area contributed by atoms with Crippen molar-refractivity contribution in [1.82, 2.24) is 15.3 Å². The lowest BCUT2D eigenvalue weighted by atomic mass is 9.92. The van der Waals surface area contributed by atoms with E-state index in [1.165, 1.54) is 24.3 Å². The van der Waals surface area contributed by atoms with Crippen LogP contribution in [0.1, 0.15) is 54.2 Å². The van der Waals surface area contributed by atoms with Gasteiger partial charge in [0.25, 0.3) is 0 Å². The quantitative estimate of drug-likeness (QED) is 0.140. The van der Waals surface area contributed by atoms with Crippen LogP contribution in [0.3, 0.4) is 0 Å². The van der Waals surface area contributed by atoms with Gasteiger partial charge in [-0.15, -0.1) is 11.3 Å². The van der Waals surface area contributed by atoms with E-state index >= 15 is 0 Å². The van der Waals surface area contributed by atoms with Gasteiger partial charge in [-0.1, -0.05) is 87.5 Å². The number of carboxylic acid groups (broad SMARTS) is 1. The average Bonchev–Trinajstić information content (AvgIpc) is 3.57. The van der Waals surface area contributed by atoms with Gasteiger partial charge < -0.3 is 10.4 Å². The number of benzene rings is 3. The molecule has 0 fully saturated rings. The summed E-state index contributed by atoms with van der Waals surface area (Å²) < 4.78 is 14.2. The Balaban J connectivity index is 1.29. The molecule has 0 unspecified atom stereocenters. The van der Waals surface area contributed by atoms with E-state index in [9.17, 15) is 23.9 Å². The second-order valence-electron chi connectivity index (χ2n) is 12.6. The second kappa shape index (κ2) is 14.2. The van der Waals surface area contributed by atoms with E-state index < -0.39 is 23.8 Å². The average molecular weight is 650 g/mol. The van der Waals surface area contributed by atoms with Crippen molar-refractivity contribution in [3.63, 3.8) is 0 Å². The van der Waals surface area contributed by atoms with Crippen LogP contribution in [-0.2, 0) is 21.4 Å². The third-order valence-corrected chi connectivity index (χ3v) is 9.45. The number of rotatable bonds is 11. The first kappa shape index (κ1) is 33.3. The van der Waals surface area contributed by atoms with Crippen LogP contribution in [0.4, 0.5) is 4.39 Å². The zero-order valence-electron chi connectivity index (χ0n) is 26.7. The number of nitrogens with one attached hydrogen (secondary N) is 1. The number of aromatic nitrogens is 2. The standard InChI is InChI=1S/C38H36FN3O4S/c1-23(37(45)46)42-36(44)28(20-32(43)33-17-18-34(47-33)38(2,3)4)19-24-9-11-27(12-10-24)35-40-21-29(22-41-35)25-13-15-26(16-14-25)30-7-5-6-8-31(30)39/h5-18,21-23,28H,19-20H2,1-4H3,(H,42,44)(H,45,46)/t23-,28-/m1/s1. The molecule has 0 aliphatic rings. The van der Waals surface area contributed by atoms with Gasteiger partial charge >= 0.3 is 5.97 Å². The molecule has 0 spiro atoms. The van der Waals surface area contributed by atoms with Crippen molar-refractivity contribution in [2.75, 3.05) is 0 Å². The first-order valence-corrected chi connectivity index (χ1v) is 16.1. The number of hydrogen-bond donors (Lipinski definition) is 2. The number of carboxylic acids is 1. The summed E-state index contributed by atoms with van der Waals surface area (Å²) in [5, 5.41) is 11.9. The lowest BCUT2D eigenvalue weighted by molar-refractivity contribution is -0.141. The number of ketones is 1. The Morgan fingerprint density at radius 3 is 2.04 bits per heavy atom. The van der Waals surface area contributed by atoms with Gasteiger partial charge in [0.15, 0.2) is 11.6 Å². The fourth-order valence-electron chi connectivity index (χ4n) is 5.10. The number of aliphatic carboxylic acids is 1. The molecule has 5 aromatic rings. The van der Waals surface area contributed by atoms with Crippen molar-refractivity contribution in [3.05, 3.63) is 118 Å². The highest BCUT2D eigenvalue weighted by atomic mass is 32.1. The number of carbonyl (C=O) groups excluding carboxylic acids is 2. The van der Waals surface area contributed by atoms with Crippen LogP contribution in [0.15, 0.2) is 97.3 Å². The maximum atomic E-state index is 14.2. The van der Waals surface area contributed by atoms with Gasteiger partial charge in [0.2, 0.25) is 5.91 Å². The highest BCUT2D eigenvalue weighted by Gasteiger charge is 2.27. The summed E-state index contributed by atoms with van der Waals surface area (Å²) in [4.78, 5) is 48.6. The predicted octanol–water partition coefficient (Wildman–Crippen LogP) is 8.00. The molecule has 0 aliphatic carbocycles. The van der Waals surface area contributed by atoms with Gasteiger partial charge in [-0.2, -0.15) is 0 Å². The fourth-order valence-corrected chi connectivity index (χ4v) is 6.12. The minimum atomic E-state index is -1.15. The summed E-state index contributed by atoms with van der Waals surface area (Å²) in [6.07, 6.45) is 3.68. The molecule has 2 heterocycles. The lowest BCUT2D eigenvalue weighted by Crippen LogP contribution is -2.42. The summed E-state index contributed by atoms with van der Waals surface area (Å²) in [7, 11) is 0. The molecule has 9 heteroatoms. The van der Waals surface area contributed by atoms with Gasteiger partial charge in [-0.05, 0) is 53.6 Å². The molecule has 3 aromatic carbocycles. The minimum Gasteiger partial charge on any atom is -0.480 e. The highest BCUT2D eigenvalue weighted by Crippen LogP contribution is 2.31. The van der Waals surface area contributed by atoms with Crippen LogP contribution < -0.4 is 5.32 Å². The normalized spacial score (nSPS) is 12.7. The molecule has 5 rings (SSSR count). The van der Waals surface area contributed by atoms with Crippen LogP contribution >= 0.6 is 11.3 Å². The number of hydrogen-bond acceptors (Lipinski definition) is 6. The first-order valence-electron chi connectivity index (χ1n) is 15.3. The van der Waals surface area contributed by atoms with E-state index in [-0.39, 0.29) is 29.9 Å². The van der Waals surface area contributed by atoms with Crippen LogP contribution in [-0.4, -0.2) is 38.8 Å². The fraction of sp³-hybridized carbons (Fsp3) is 0.237. The molecule has 0 aliphatic heterocycles. The van der Waals surface area contributed by atoms with Gasteiger partial charge in [0.05, 0.1) is 4.88 Å². The molecule has 2 atom stereocenters. The molecule has 0 saturated heterocycles. The predicted molar refractivity (Wildman–Crippen MR) is 183 cm³/mol. The SMILES string of the molecule is C[C@@H](NC(=O)[C@@H](CC(=O)c1ccc(C(C)(C)C)s1)Cc1ccc(-c2ncc(-c3ccc(-c4ccccc4F)cc3)cn2)cc1)C(=O)O. The molecule has 47 heavy (non-hydrogen) atoms. The van der Waals surface area contributed by atoms with Crippen LogP contribution in [0.25, 0.3) is 33.6 Å². The number of nitrogens with zero attached hydrogens (tertiary/aromatic N) is 2. The van der Waals surface area contributed by atoms with E-state index in [1.807, 2.05) is 54.6 Å². The number of carbonyl (C=O) groups is 3. The Kier molecular flexibility index (Phi) is 10.1. The van der Waals surface area contributed by atoms with Crippen molar-refractivity contribution in [2.45, 2.75) is 52.0 Å². The molecular formula is C38H36FN3O4S.